The molecule has 2 N–H and O–H groups in total. The minimum Gasteiger partial charge on any atom is -0.392 e. The summed E-state index contributed by atoms with van der Waals surface area (Å²) in [5, 5.41) is 3.26. The molecule has 6 nitrogen and oxygen atoms in total. The van der Waals surface area contributed by atoms with Gasteiger partial charge in [0.2, 0.25) is 11.5 Å². The summed E-state index contributed by atoms with van der Waals surface area (Å²) < 4.78 is 3.87. The third kappa shape index (κ3) is 3.79. The van der Waals surface area contributed by atoms with Gasteiger partial charge in [0.05, 0.1) is 0 Å². The molecule has 0 atom stereocenters. The second kappa shape index (κ2) is 6.86. The zero-order valence-corrected chi connectivity index (χ0v) is 11.7. The van der Waals surface area contributed by atoms with E-state index in [0.717, 1.165) is 37.2 Å². The molecule has 0 saturated heterocycles. The van der Waals surface area contributed by atoms with Crippen molar-refractivity contribution in [1.29, 1.82) is 0 Å². The van der Waals surface area contributed by atoms with Gasteiger partial charge in [0.1, 0.15) is 6.10 Å². The highest BCUT2D eigenvalue weighted by molar-refractivity contribution is 7.09. The minimum absolute atomic E-state index is 0. The maximum atomic E-state index is 11.2. The number of anilines is 1. The Morgan fingerprint density at radius 2 is 2.17 bits per heavy atom. The van der Waals surface area contributed by atoms with Gasteiger partial charge in [-0.15, -0.1) is 12.4 Å². The van der Waals surface area contributed by atoms with E-state index in [-0.39, 0.29) is 35.2 Å². The zero-order valence-electron chi connectivity index (χ0n) is 9.34. The van der Waals surface area contributed by atoms with Crippen molar-refractivity contribution in [3.63, 3.8) is 0 Å². The highest BCUT2D eigenvalue weighted by atomic mass is 35.5. The number of hydrogen-bond acceptors (Lipinski definition) is 7. The molecule has 18 heavy (non-hydrogen) atoms. The van der Waals surface area contributed by atoms with Crippen LogP contribution < -0.4 is 5.73 Å². The van der Waals surface area contributed by atoms with Crippen LogP contribution in [0.25, 0.3) is 0 Å². The lowest BCUT2D eigenvalue weighted by Gasteiger charge is -2.06. The summed E-state index contributed by atoms with van der Waals surface area (Å²) in [5.41, 5.74) is 5.34. The van der Waals surface area contributed by atoms with Crippen LogP contribution in [0.1, 0.15) is 31.5 Å². The van der Waals surface area contributed by atoms with Gasteiger partial charge >= 0.3 is 0 Å². The van der Waals surface area contributed by atoms with E-state index in [1.807, 2.05) is 0 Å². The maximum absolute atomic E-state index is 11.2. The smallest absolute Gasteiger partial charge is 0.278 e. The van der Waals surface area contributed by atoms with E-state index < -0.39 is 5.24 Å². The fourth-order valence-electron chi connectivity index (χ4n) is 1.62. The highest BCUT2D eigenvalue weighted by Crippen LogP contribution is 2.21. The summed E-state index contributed by atoms with van der Waals surface area (Å²) in [6.45, 7) is 0. The highest BCUT2D eigenvalue weighted by Gasteiger charge is 2.21. The van der Waals surface area contributed by atoms with Gasteiger partial charge < -0.3 is 10.6 Å². The van der Waals surface area contributed by atoms with Crippen molar-refractivity contribution in [3.8, 4) is 0 Å². The Kier molecular flexibility index (Phi) is 5.77. The predicted molar refractivity (Wildman–Crippen MR) is 72.3 cm³/mol. The second-order valence-corrected chi connectivity index (χ2v) is 4.81. The molecule has 1 saturated carbocycles. The van der Waals surface area contributed by atoms with E-state index in [1.165, 1.54) is 0 Å². The van der Waals surface area contributed by atoms with Crippen molar-refractivity contribution in [2.24, 2.45) is 5.16 Å². The number of hydrogen-bond donors (Lipinski definition) is 1. The van der Waals surface area contributed by atoms with E-state index >= 15 is 0 Å². The summed E-state index contributed by atoms with van der Waals surface area (Å²) in [5.74, 6) is 0.116. The van der Waals surface area contributed by atoms with Gasteiger partial charge in [-0.1, -0.05) is 5.16 Å². The van der Waals surface area contributed by atoms with Crippen LogP contribution in [-0.4, -0.2) is 26.4 Å². The number of rotatable bonds is 4. The molecule has 1 aromatic rings. The number of halogens is 2. The lowest BCUT2D eigenvalue weighted by atomic mass is 10.3. The summed E-state index contributed by atoms with van der Waals surface area (Å²) in [6, 6.07) is 0. The Labute approximate surface area is 119 Å². The fraction of sp³-hybridized carbons (Fsp3) is 0.556. The number of oxime groups is 1. The normalized spacial score (nSPS) is 16.4. The molecule has 1 aliphatic carbocycles. The topological polar surface area (TPSA) is 90.5 Å². The maximum Gasteiger partial charge on any atom is 0.278 e. The van der Waals surface area contributed by atoms with Gasteiger partial charge in [-0.05, 0) is 37.3 Å². The van der Waals surface area contributed by atoms with Gasteiger partial charge in [-0.25, -0.2) is 0 Å². The summed E-state index contributed by atoms with van der Waals surface area (Å²) in [6.07, 6.45) is 4.18. The Bertz CT molecular complexity index is 446. The third-order valence-electron chi connectivity index (χ3n) is 2.43. The van der Waals surface area contributed by atoms with Gasteiger partial charge in [0.15, 0.2) is 5.13 Å². The van der Waals surface area contributed by atoms with E-state index in [2.05, 4.69) is 14.5 Å². The molecule has 1 aromatic heterocycles. The monoisotopic (exact) mass is 310 g/mol. The number of nitrogens with two attached hydrogens (primary N) is 1. The molecule has 0 unspecified atom stereocenters. The van der Waals surface area contributed by atoms with Crippen molar-refractivity contribution in [3.05, 3.63) is 5.82 Å². The van der Waals surface area contributed by atoms with Crippen LogP contribution in [0.4, 0.5) is 5.13 Å². The molecule has 0 aliphatic heterocycles. The fourth-order valence-corrected chi connectivity index (χ4v) is 2.17. The van der Waals surface area contributed by atoms with Crippen LogP contribution in [0.15, 0.2) is 5.16 Å². The molecular weight excluding hydrogens is 299 g/mol. The lowest BCUT2D eigenvalue weighted by Crippen LogP contribution is -2.14. The quantitative estimate of drug-likeness (QED) is 0.521. The SMILES string of the molecule is Cl.Nc1nc(/C(=N/OC2CCCC2)C(=O)Cl)ns1. The van der Waals surface area contributed by atoms with Crippen LogP contribution >= 0.6 is 35.5 Å². The van der Waals surface area contributed by atoms with Crippen molar-refractivity contribution in [2.45, 2.75) is 31.8 Å². The first-order valence-corrected chi connectivity index (χ1v) is 6.35. The molecule has 0 bridgehead atoms. The molecule has 0 amide bonds. The summed E-state index contributed by atoms with van der Waals surface area (Å²) in [4.78, 5) is 20.3. The molecule has 100 valence electrons. The number of aromatic nitrogens is 2. The molecule has 0 aromatic carbocycles. The van der Waals surface area contributed by atoms with Crippen LogP contribution in [0, 0.1) is 0 Å². The number of nitrogen functional groups attached to an aromatic ring is 1. The Morgan fingerprint density at radius 1 is 1.50 bits per heavy atom. The van der Waals surface area contributed by atoms with E-state index in [4.69, 9.17) is 22.2 Å². The van der Waals surface area contributed by atoms with E-state index in [1.54, 1.807) is 0 Å². The van der Waals surface area contributed by atoms with E-state index in [9.17, 15) is 4.79 Å². The molecule has 1 aliphatic rings. The Balaban J connectivity index is 0.00000162. The standard InChI is InChI=1S/C9H11ClN4O2S.ClH/c10-7(15)6(8-12-9(11)17-14-8)13-16-5-3-1-2-4-5;/h5H,1-4H2,(H2,11,12,14);1H/b13-6+;. The van der Waals surface area contributed by atoms with Crippen molar-refractivity contribution in [2.75, 3.05) is 5.73 Å². The summed E-state index contributed by atoms with van der Waals surface area (Å²) >= 11 is 6.38. The number of carbonyl (C=O) groups is 1. The molecule has 9 heteroatoms. The van der Waals surface area contributed by atoms with Crippen LogP contribution in [0.3, 0.4) is 0 Å². The molecule has 0 spiro atoms. The van der Waals surface area contributed by atoms with Gasteiger partial charge in [-0.3, -0.25) is 4.79 Å². The number of nitrogens with zero attached hydrogens (tertiary/aromatic N) is 3. The second-order valence-electron chi connectivity index (χ2n) is 3.68. The van der Waals surface area contributed by atoms with Crippen molar-refractivity contribution >= 4 is 51.6 Å². The van der Waals surface area contributed by atoms with Gasteiger partial charge in [0, 0.05) is 11.5 Å². The predicted octanol–water partition coefficient (Wildman–Crippen LogP) is 1.97. The average molecular weight is 311 g/mol. The van der Waals surface area contributed by atoms with Gasteiger partial charge in [0.25, 0.3) is 5.24 Å². The van der Waals surface area contributed by atoms with Crippen molar-refractivity contribution in [1.82, 2.24) is 9.36 Å². The molecule has 1 fully saturated rings. The van der Waals surface area contributed by atoms with Gasteiger partial charge in [-0.2, -0.15) is 9.36 Å². The molecule has 1 heterocycles. The largest absolute Gasteiger partial charge is 0.392 e. The third-order valence-corrected chi connectivity index (χ3v) is 3.16. The van der Waals surface area contributed by atoms with Crippen molar-refractivity contribution < 1.29 is 9.63 Å². The number of carbonyl (C=O) groups excluding carboxylic acids is 1. The Morgan fingerprint density at radius 3 is 2.67 bits per heavy atom. The molecule has 2 rings (SSSR count). The average Bonchev–Trinajstić information content (AvgIpc) is 2.90. The first kappa shape index (κ1) is 15.1. The van der Waals surface area contributed by atoms with E-state index in [0.29, 0.717) is 0 Å². The molecule has 0 radical (unpaired) electrons. The first-order chi connectivity index (χ1) is 8.16. The van der Waals surface area contributed by atoms with Crippen LogP contribution in [0.2, 0.25) is 0 Å². The molecular formula is C9H12Cl2N4O2S. The minimum atomic E-state index is -0.749. The van der Waals surface area contributed by atoms with Crippen LogP contribution in [0.5, 0.6) is 0 Å². The van der Waals surface area contributed by atoms with Crippen LogP contribution in [-0.2, 0) is 9.63 Å². The first-order valence-electron chi connectivity index (χ1n) is 5.20. The zero-order chi connectivity index (χ0) is 12.3. The lowest BCUT2D eigenvalue weighted by molar-refractivity contribution is -0.106. The summed E-state index contributed by atoms with van der Waals surface area (Å²) in [7, 11) is 0. The Hall–Kier alpha value is -0.920.